The fourth-order valence-corrected chi connectivity index (χ4v) is 3.84. The summed E-state index contributed by atoms with van der Waals surface area (Å²) in [4.78, 5) is 12.3. The van der Waals surface area contributed by atoms with Gasteiger partial charge in [-0.1, -0.05) is 25.0 Å². The molecule has 22 heavy (non-hydrogen) atoms. The first-order chi connectivity index (χ1) is 10.4. The number of carbonyl (C=O) groups is 1. The van der Waals surface area contributed by atoms with Crippen LogP contribution in [0.2, 0.25) is 0 Å². The van der Waals surface area contributed by atoms with Crippen LogP contribution in [0.5, 0.6) is 0 Å². The Morgan fingerprint density at radius 1 is 1.18 bits per heavy atom. The van der Waals surface area contributed by atoms with Gasteiger partial charge in [-0.15, -0.1) is 0 Å². The molecule has 5 heteroatoms. The second-order valence-corrected chi connectivity index (χ2v) is 8.76. The van der Waals surface area contributed by atoms with Gasteiger partial charge >= 0.3 is 0 Å². The molecule has 1 fully saturated rings. The minimum atomic E-state index is -3.21. The summed E-state index contributed by atoms with van der Waals surface area (Å²) in [6.07, 6.45) is 5.05. The van der Waals surface area contributed by atoms with Crippen molar-refractivity contribution in [2.75, 3.05) is 6.54 Å². The molecule has 0 saturated heterocycles. The minimum absolute atomic E-state index is 0.163. The summed E-state index contributed by atoms with van der Waals surface area (Å²) in [5, 5.41) is 2.57. The van der Waals surface area contributed by atoms with E-state index in [4.69, 9.17) is 0 Å². The zero-order chi connectivity index (χ0) is 16.2. The van der Waals surface area contributed by atoms with Crippen LogP contribution in [-0.2, 0) is 21.1 Å². The Hall–Kier alpha value is -1.36. The van der Waals surface area contributed by atoms with Crippen LogP contribution in [0.1, 0.15) is 45.1 Å². The molecule has 4 nitrogen and oxygen atoms in total. The summed E-state index contributed by atoms with van der Waals surface area (Å²) in [5.41, 5.74) is 1.04. The summed E-state index contributed by atoms with van der Waals surface area (Å²) < 4.78 is 24.1. The van der Waals surface area contributed by atoms with Gasteiger partial charge in [0, 0.05) is 12.5 Å². The molecule has 0 unspecified atom stereocenters. The van der Waals surface area contributed by atoms with E-state index in [2.05, 4.69) is 5.32 Å². The smallest absolute Gasteiger partial charge is 0.223 e. The number of sulfone groups is 1. The summed E-state index contributed by atoms with van der Waals surface area (Å²) in [5.74, 6) is 0.357. The summed E-state index contributed by atoms with van der Waals surface area (Å²) >= 11 is 0. The molecule has 1 saturated carbocycles. The molecule has 0 spiro atoms. The normalized spacial score (nSPS) is 16.1. The van der Waals surface area contributed by atoms with Crippen LogP contribution in [0, 0.1) is 5.92 Å². The molecule has 122 valence electrons. The van der Waals surface area contributed by atoms with Crippen molar-refractivity contribution in [2.45, 2.75) is 56.1 Å². The number of nitrogens with one attached hydrogen (secondary N) is 1. The minimum Gasteiger partial charge on any atom is -0.356 e. The van der Waals surface area contributed by atoms with Gasteiger partial charge in [0.1, 0.15) is 0 Å². The SMILES string of the molecule is CC(C)S(=O)(=O)c1ccc(CCNC(=O)C2CCCC2)cc1. The number of rotatable bonds is 6. The third-order valence-corrected chi connectivity index (χ3v) is 6.48. The molecule has 1 N–H and O–H groups in total. The van der Waals surface area contributed by atoms with E-state index in [9.17, 15) is 13.2 Å². The summed E-state index contributed by atoms with van der Waals surface area (Å²) in [6, 6.07) is 6.97. The number of benzene rings is 1. The van der Waals surface area contributed by atoms with Crippen LogP contribution < -0.4 is 5.32 Å². The molecule has 0 bridgehead atoms. The number of carbonyl (C=O) groups excluding carboxylic acids is 1. The van der Waals surface area contributed by atoms with E-state index >= 15 is 0 Å². The van der Waals surface area contributed by atoms with Crippen LogP contribution in [-0.4, -0.2) is 26.1 Å². The van der Waals surface area contributed by atoms with Crippen molar-refractivity contribution in [3.05, 3.63) is 29.8 Å². The molecule has 0 atom stereocenters. The fraction of sp³-hybridized carbons (Fsp3) is 0.588. The lowest BCUT2D eigenvalue weighted by Crippen LogP contribution is -2.30. The van der Waals surface area contributed by atoms with Gasteiger partial charge in [-0.25, -0.2) is 8.42 Å². The van der Waals surface area contributed by atoms with E-state index in [1.807, 2.05) is 12.1 Å². The number of amides is 1. The largest absolute Gasteiger partial charge is 0.356 e. The van der Waals surface area contributed by atoms with Crippen molar-refractivity contribution in [2.24, 2.45) is 5.92 Å². The average Bonchev–Trinajstić information content (AvgIpc) is 3.02. The Morgan fingerprint density at radius 3 is 2.32 bits per heavy atom. The fourth-order valence-electron chi connectivity index (χ4n) is 2.78. The topological polar surface area (TPSA) is 63.2 Å². The molecule has 1 aromatic rings. The number of hydrogen-bond donors (Lipinski definition) is 1. The molecule has 2 rings (SSSR count). The first kappa shape index (κ1) is 17.0. The third kappa shape index (κ3) is 4.09. The van der Waals surface area contributed by atoms with Crippen LogP contribution in [0.3, 0.4) is 0 Å². The Labute approximate surface area is 133 Å². The van der Waals surface area contributed by atoms with Gasteiger partial charge in [0.15, 0.2) is 9.84 Å². The van der Waals surface area contributed by atoms with Crippen molar-refractivity contribution >= 4 is 15.7 Å². The van der Waals surface area contributed by atoms with Crippen molar-refractivity contribution in [1.82, 2.24) is 5.32 Å². The molecule has 1 aliphatic carbocycles. The maximum atomic E-state index is 12.0. The maximum Gasteiger partial charge on any atom is 0.223 e. The van der Waals surface area contributed by atoms with Crippen LogP contribution in [0.4, 0.5) is 0 Å². The van der Waals surface area contributed by atoms with Crippen molar-refractivity contribution in [3.63, 3.8) is 0 Å². The molecule has 0 heterocycles. The van der Waals surface area contributed by atoms with Crippen LogP contribution in [0.25, 0.3) is 0 Å². The van der Waals surface area contributed by atoms with Gasteiger partial charge in [-0.05, 0) is 50.8 Å². The highest BCUT2D eigenvalue weighted by atomic mass is 32.2. The third-order valence-electron chi connectivity index (χ3n) is 4.31. The van der Waals surface area contributed by atoms with E-state index in [1.54, 1.807) is 26.0 Å². The van der Waals surface area contributed by atoms with Gasteiger partial charge in [0.25, 0.3) is 0 Å². The van der Waals surface area contributed by atoms with E-state index in [0.717, 1.165) is 37.7 Å². The van der Waals surface area contributed by atoms with Gasteiger partial charge in [0.05, 0.1) is 10.1 Å². The molecule has 0 radical (unpaired) electrons. The van der Waals surface area contributed by atoms with E-state index in [-0.39, 0.29) is 11.8 Å². The summed E-state index contributed by atoms with van der Waals surface area (Å²) in [7, 11) is -3.21. The van der Waals surface area contributed by atoms with Crippen LogP contribution >= 0.6 is 0 Å². The van der Waals surface area contributed by atoms with Gasteiger partial charge in [-0.2, -0.15) is 0 Å². The highest BCUT2D eigenvalue weighted by Crippen LogP contribution is 2.24. The lowest BCUT2D eigenvalue weighted by molar-refractivity contribution is -0.124. The molecule has 1 aromatic carbocycles. The molecular weight excluding hydrogens is 298 g/mol. The van der Waals surface area contributed by atoms with E-state index in [0.29, 0.717) is 11.4 Å². The Kier molecular flexibility index (Phi) is 5.62. The standard InChI is InChI=1S/C17H25NO3S/c1-13(2)22(20,21)16-9-7-14(8-10-16)11-12-18-17(19)15-5-3-4-6-15/h7-10,13,15H,3-6,11-12H2,1-2H3,(H,18,19). The zero-order valence-electron chi connectivity index (χ0n) is 13.3. The Morgan fingerprint density at radius 2 is 1.77 bits per heavy atom. The quantitative estimate of drug-likeness (QED) is 0.875. The molecule has 0 aromatic heterocycles. The highest BCUT2D eigenvalue weighted by Gasteiger charge is 2.22. The Bertz CT molecular complexity index is 599. The van der Waals surface area contributed by atoms with Gasteiger partial charge in [-0.3, -0.25) is 4.79 Å². The van der Waals surface area contributed by atoms with Crippen molar-refractivity contribution in [3.8, 4) is 0 Å². The van der Waals surface area contributed by atoms with Gasteiger partial charge < -0.3 is 5.32 Å². The predicted octanol–water partition coefficient (Wildman–Crippen LogP) is 2.72. The molecule has 1 amide bonds. The van der Waals surface area contributed by atoms with E-state index in [1.165, 1.54) is 0 Å². The number of hydrogen-bond acceptors (Lipinski definition) is 3. The highest BCUT2D eigenvalue weighted by molar-refractivity contribution is 7.92. The lowest BCUT2D eigenvalue weighted by Gasteiger charge is -2.11. The molecule has 0 aliphatic heterocycles. The summed E-state index contributed by atoms with van der Waals surface area (Å²) in [6.45, 7) is 3.97. The molecule has 1 aliphatic rings. The monoisotopic (exact) mass is 323 g/mol. The second-order valence-electron chi connectivity index (χ2n) is 6.26. The predicted molar refractivity (Wildman–Crippen MR) is 87.4 cm³/mol. The maximum absolute atomic E-state index is 12.0. The Balaban J connectivity index is 1.85. The van der Waals surface area contributed by atoms with Crippen molar-refractivity contribution in [1.29, 1.82) is 0 Å². The van der Waals surface area contributed by atoms with E-state index < -0.39 is 15.1 Å². The second kappa shape index (κ2) is 7.27. The average molecular weight is 323 g/mol. The first-order valence-electron chi connectivity index (χ1n) is 8.02. The zero-order valence-corrected chi connectivity index (χ0v) is 14.2. The molecular formula is C17H25NO3S. The van der Waals surface area contributed by atoms with Crippen molar-refractivity contribution < 1.29 is 13.2 Å². The first-order valence-corrected chi connectivity index (χ1v) is 9.56. The lowest BCUT2D eigenvalue weighted by atomic mass is 10.1. The van der Waals surface area contributed by atoms with Gasteiger partial charge in [0.2, 0.25) is 5.91 Å². The van der Waals surface area contributed by atoms with Crippen LogP contribution in [0.15, 0.2) is 29.2 Å².